The smallest absolute Gasteiger partial charge is 0.413 e. The molecule has 0 unspecified atom stereocenters. The van der Waals surface area contributed by atoms with Gasteiger partial charge < -0.3 is 10.1 Å². The van der Waals surface area contributed by atoms with E-state index in [0.29, 0.717) is 16.3 Å². The van der Waals surface area contributed by atoms with E-state index >= 15 is 0 Å². The predicted molar refractivity (Wildman–Crippen MR) is 105 cm³/mol. The summed E-state index contributed by atoms with van der Waals surface area (Å²) in [7, 11) is 1.22. The highest BCUT2D eigenvalue weighted by atomic mass is 32.1. The van der Waals surface area contributed by atoms with E-state index in [-0.39, 0.29) is 16.4 Å². The number of carbonyl (C=O) groups is 2. The molecule has 0 bridgehead atoms. The maximum atomic E-state index is 12.7. The van der Waals surface area contributed by atoms with Crippen molar-refractivity contribution in [2.75, 3.05) is 17.7 Å². The molecule has 9 nitrogen and oxygen atoms in total. The van der Waals surface area contributed by atoms with Gasteiger partial charge in [0.05, 0.1) is 12.0 Å². The molecule has 0 atom stereocenters. The Morgan fingerprint density at radius 1 is 1.07 bits per heavy atom. The Morgan fingerprint density at radius 3 is 2.43 bits per heavy atom. The Bertz CT molecular complexity index is 1040. The average Bonchev–Trinajstić information content (AvgIpc) is 3.10. The molecule has 0 aliphatic heterocycles. The second kappa shape index (κ2) is 8.27. The Morgan fingerprint density at radius 2 is 1.75 bits per heavy atom. The van der Waals surface area contributed by atoms with Crippen LogP contribution in [0.2, 0.25) is 0 Å². The number of hydrogen-bond donors (Lipinski definition) is 2. The predicted octanol–water partition coefficient (Wildman–Crippen LogP) is 4.15. The second-order valence-corrected chi connectivity index (χ2v) is 6.41. The lowest BCUT2D eigenvalue weighted by Gasteiger charge is -2.06. The molecule has 0 radical (unpaired) electrons. The van der Waals surface area contributed by atoms with Crippen molar-refractivity contribution in [1.82, 2.24) is 4.98 Å². The van der Waals surface area contributed by atoms with Crippen molar-refractivity contribution in [2.45, 2.75) is 0 Å². The third-order valence-corrected chi connectivity index (χ3v) is 4.53. The Labute approximate surface area is 163 Å². The van der Waals surface area contributed by atoms with Crippen LogP contribution in [-0.2, 0) is 4.74 Å². The lowest BCUT2D eigenvalue weighted by Crippen LogP contribution is -2.13. The van der Waals surface area contributed by atoms with Gasteiger partial charge in [-0.2, -0.15) is 0 Å². The summed E-state index contributed by atoms with van der Waals surface area (Å²) in [5, 5.41) is 16.8. The van der Waals surface area contributed by atoms with E-state index in [1.165, 1.54) is 31.4 Å². The first-order valence-corrected chi connectivity index (χ1v) is 8.77. The third kappa shape index (κ3) is 4.13. The van der Waals surface area contributed by atoms with Gasteiger partial charge in [-0.3, -0.25) is 20.2 Å². The number of para-hydroxylation sites is 1. The van der Waals surface area contributed by atoms with Crippen molar-refractivity contribution >= 4 is 39.2 Å². The molecule has 2 aromatic carbocycles. The molecule has 2 amide bonds. The number of benzene rings is 2. The molecule has 0 aliphatic carbocycles. The van der Waals surface area contributed by atoms with Gasteiger partial charge in [-0.05, 0) is 6.07 Å². The highest BCUT2D eigenvalue weighted by molar-refractivity contribution is 7.20. The van der Waals surface area contributed by atoms with Gasteiger partial charge in [0.1, 0.15) is 16.3 Å². The molecule has 142 valence electrons. The zero-order valence-electron chi connectivity index (χ0n) is 14.5. The Kier molecular flexibility index (Phi) is 5.61. The summed E-state index contributed by atoms with van der Waals surface area (Å²) in [6, 6.07) is 14.6. The summed E-state index contributed by atoms with van der Waals surface area (Å²) in [5.41, 5.74) is 0.736. The number of amides is 2. The van der Waals surface area contributed by atoms with E-state index in [1.807, 2.05) is 6.07 Å². The summed E-state index contributed by atoms with van der Waals surface area (Å²) in [6.45, 7) is 0. The van der Waals surface area contributed by atoms with Gasteiger partial charge >= 0.3 is 6.09 Å². The van der Waals surface area contributed by atoms with Gasteiger partial charge in [-0.25, -0.2) is 9.78 Å². The minimum Gasteiger partial charge on any atom is -0.453 e. The fraction of sp³-hybridized carbons (Fsp3) is 0.0556. The molecule has 1 heterocycles. The summed E-state index contributed by atoms with van der Waals surface area (Å²) in [4.78, 5) is 39.0. The molecule has 3 rings (SSSR count). The van der Waals surface area contributed by atoms with Crippen LogP contribution >= 0.6 is 11.3 Å². The normalized spacial score (nSPS) is 10.2. The lowest BCUT2D eigenvalue weighted by atomic mass is 10.1. The van der Waals surface area contributed by atoms with Crippen molar-refractivity contribution in [2.24, 2.45) is 0 Å². The average molecular weight is 398 g/mol. The van der Waals surface area contributed by atoms with E-state index in [1.54, 1.807) is 24.3 Å². The summed E-state index contributed by atoms with van der Waals surface area (Å²) < 4.78 is 4.56. The molecular formula is C18H14N4O5S. The number of nitro benzene ring substituents is 1. The van der Waals surface area contributed by atoms with Crippen molar-refractivity contribution < 1.29 is 19.2 Å². The molecular weight excluding hydrogens is 384 g/mol. The highest BCUT2D eigenvalue weighted by Crippen LogP contribution is 2.36. The van der Waals surface area contributed by atoms with Crippen LogP contribution in [0.3, 0.4) is 0 Å². The fourth-order valence-electron chi connectivity index (χ4n) is 2.38. The number of ether oxygens (including phenoxy) is 1. The van der Waals surface area contributed by atoms with Gasteiger partial charge in [0.15, 0.2) is 5.13 Å². The molecule has 3 aromatic rings. The monoisotopic (exact) mass is 398 g/mol. The maximum Gasteiger partial charge on any atom is 0.413 e. The number of nitro groups is 1. The van der Waals surface area contributed by atoms with Crippen LogP contribution in [0.1, 0.15) is 10.4 Å². The van der Waals surface area contributed by atoms with Gasteiger partial charge in [-0.1, -0.05) is 53.8 Å². The minimum atomic E-state index is -0.704. The van der Waals surface area contributed by atoms with Gasteiger partial charge in [-0.15, -0.1) is 0 Å². The number of aromatic nitrogens is 1. The quantitative estimate of drug-likeness (QED) is 0.491. The summed E-state index contributed by atoms with van der Waals surface area (Å²) in [5.74, 6) is -0.655. The molecule has 2 N–H and O–H groups in total. The zero-order chi connectivity index (χ0) is 20.1. The minimum absolute atomic E-state index is 0.0811. The molecule has 0 spiro atoms. The number of methoxy groups -OCH3 is 1. The number of nitrogens with one attached hydrogen (secondary N) is 2. The molecule has 0 saturated carbocycles. The van der Waals surface area contributed by atoms with Crippen LogP contribution in [0.4, 0.5) is 20.6 Å². The molecule has 0 fully saturated rings. The fourth-order valence-corrected chi connectivity index (χ4v) is 3.25. The van der Waals surface area contributed by atoms with Crippen molar-refractivity contribution in [3.05, 3.63) is 70.3 Å². The first-order valence-electron chi connectivity index (χ1n) is 7.95. The highest BCUT2D eigenvalue weighted by Gasteiger charge is 2.22. The number of hydrogen-bond acceptors (Lipinski definition) is 7. The second-order valence-electron chi connectivity index (χ2n) is 5.41. The number of thiazole rings is 1. The van der Waals surface area contributed by atoms with Gasteiger partial charge in [0, 0.05) is 11.6 Å². The first-order chi connectivity index (χ1) is 13.5. The summed E-state index contributed by atoms with van der Waals surface area (Å²) >= 11 is 1.01. The Balaban J connectivity index is 1.97. The third-order valence-electron chi connectivity index (χ3n) is 3.64. The first kappa shape index (κ1) is 19.0. The lowest BCUT2D eigenvalue weighted by molar-refractivity contribution is -0.385. The SMILES string of the molecule is COC(=O)Nc1nc(-c2ccccc2)c(NC(=O)c2ccccc2[N+](=O)[O-])s1. The van der Waals surface area contributed by atoms with Crippen LogP contribution in [0.15, 0.2) is 54.6 Å². The Hall–Kier alpha value is -3.79. The summed E-state index contributed by atoms with van der Waals surface area (Å²) in [6.07, 6.45) is -0.704. The molecule has 1 aromatic heterocycles. The van der Waals surface area contributed by atoms with E-state index in [9.17, 15) is 19.7 Å². The molecule has 0 aliphatic rings. The number of carbonyl (C=O) groups excluding carboxylic acids is 2. The molecule has 10 heteroatoms. The van der Waals surface area contributed by atoms with Crippen LogP contribution in [-0.4, -0.2) is 29.0 Å². The van der Waals surface area contributed by atoms with E-state index in [2.05, 4.69) is 20.4 Å². The largest absolute Gasteiger partial charge is 0.453 e. The standard InChI is InChI=1S/C18H14N4O5S/c1-27-18(24)21-17-19-14(11-7-3-2-4-8-11)16(28-17)20-15(23)12-9-5-6-10-13(12)22(25)26/h2-10H,1H3,(H,20,23)(H,19,21,24). The molecule has 28 heavy (non-hydrogen) atoms. The van der Waals surface area contributed by atoms with Crippen LogP contribution in [0.25, 0.3) is 11.3 Å². The zero-order valence-corrected chi connectivity index (χ0v) is 15.4. The van der Waals surface area contributed by atoms with Crippen LogP contribution in [0, 0.1) is 10.1 Å². The van der Waals surface area contributed by atoms with Crippen molar-refractivity contribution in [3.8, 4) is 11.3 Å². The topological polar surface area (TPSA) is 123 Å². The van der Waals surface area contributed by atoms with Gasteiger partial charge in [0.2, 0.25) is 0 Å². The van der Waals surface area contributed by atoms with Gasteiger partial charge in [0.25, 0.3) is 11.6 Å². The van der Waals surface area contributed by atoms with Crippen LogP contribution in [0.5, 0.6) is 0 Å². The van der Waals surface area contributed by atoms with Crippen LogP contribution < -0.4 is 10.6 Å². The van der Waals surface area contributed by atoms with Crippen molar-refractivity contribution in [1.29, 1.82) is 0 Å². The molecule has 0 saturated heterocycles. The van der Waals surface area contributed by atoms with E-state index < -0.39 is 16.9 Å². The maximum absolute atomic E-state index is 12.7. The van der Waals surface area contributed by atoms with E-state index in [4.69, 9.17) is 0 Å². The number of anilines is 2. The van der Waals surface area contributed by atoms with Crippen molar-refractivity contribution in [3.63, 3.8) is 0 Å². The number of nitrogens with zero attached hydrogens (tertiary/aromatic N) is 2. The van der Waals surface area contributed by atoms with E-state index in [0.717, 1.165) is 11.3 Å². The number of rotatable bonds is 5.